The molecular weight excluding hydrogens is 813 g/mol. The van der Waals surface area contributed by atoms with E-state index in [0.717, 1.165) is 67.8 Å². The van der Waals surface area contributed by atoms with Crippen LogP contribution >= 0.6 is 0 Å². The number of carbonyl (C=O) groups excluding carboxylic acids is 1. The minimum Gasteiger partial charge on any atom is -0.492 e. The van der Waals surface area contributed by atoms with Crippen LogP contribution in [0.3, 0.4) is 0 Å². The lowest BCUT2D eigenvalue weighted by Crippen LogP contribution is -2.70. The molecule has 3 aromatic carbocycles. The van der Waals surface area contributed by atoms with Gasteiger partial charge in [0.25, 0.3) is 5.91 Å². The van der Waals surface area contributed by atoms with Gasteiger partial charge in [0.2, 0.25) is 12.6 Å². The zero-order valence-corrected chi connectivity index (χ0v) is 37.4. The minimum absolute atomic E-state index is 0.0567. The average molecular weight is 875 g/mol. The molecule has 0 spiro atoms. The first kappa shape index (κ1) is 45.2. The van der Waals surface area contributed by atoms with E-state index in [4.69, 9.17) is 33.7 Å². The van der Waals surface area contributed by atoms with Gasteiger partial charge < -0.3 is 43.6 Å². The van der Waals surface area contributed by atoms with Crippen LogP contribution in [0.1, 0.15) is 98.7 Å². The van der Waals surface area contributed by atoms with Crippen LogP contribution in [-0.2, 0) is 16.1 Å². The molecule has 1 saturated heterocycles. The Balaban J connectivity index is 1.34. The molecular formula is C51H62N4O9. The van der Waals surface area contributed by atoms with E-state index >= 15 is 4.79 Å². The number of hydrogen-bond acceptors (Lipinski definition) is 12. The third kappa shape index (κ3) is 9.81. The third-order valence-electron chi connectivity index (χ3n) is 13.0. The van der Waals surface area contributed by atoms with Crippen LogP contribution in [-0.4, -0.2) is 102 Å². The van der Waals surface area contributed by atoms with E-state index in [1.54, 1.807) is 30.3 Å². The highest BCUT2D eigenvalue weighted by Gasteiger charge is 2.65. The van der Waals surface area contributed by atoms with Crippen molar-refractivity contribution < 1.29 is 43.5 Å². The second-order valence-electron chi connectivity index (χ2n) is 18.5. The van der Waals surface area contributed by atoms with Gasteiger partial charge in [-0.15, -0.1) is 6.58 Å². The summed E-state index contributed by atoms with van der Waals surface area (Å²) in [6.45, 7) is 14.1. The van der Waals surface area contributed by atoms with E-state index in [9.17, 15) is 15.5 Å². The Bertz CT molecular complexity index is 2240. The van der Waals surface area contributed by atoms with E-state index in [-0.39, 0.29) is 63.2 Å². The first-order valence-corrected chi connectivity index (χ1v) is 22.9. The SMILES string of the molecule is C=CCOC12Oc3ccc(OCCN4CC4)cc3C3C(CCCCO)C(CCCCO)C=C(C(=NOC(C)(C)C)CC1N(Cc1ccc4c(c1)OCO4)C(=O)c1ccc(C#N)cc1)C32. The van der Waals surface area contributed by atoms with Crippen molar-refractivity contribution in [3.05, 3.63) is 107 Å². The highest BCUT2D eigenvalue weighted by molar-refractivity contribution is 6.03. The van der Waals surface area contributed by atoms with Crippen molar-refractivity contribution in [2.45, 2.75) is 95.6 Å². The van der Waals surface area contributed by atoms with Gasteiger partial charge in [0.05, 0.1) is 29.9 Å². The Morgan fingerprint density at radius 2 is 1.75 bits per heavy atom. The molecule has 0 aromatic heterocycles. The van der Waals surface area contributed by atoms with Crippen molar-refractivity contribution in [2.24, 2.45) is 22.9 Å². The first-order chi connectivity index (χ1) is 31.0. The summed E-state index contributed by atoms with van der Waals surface area (Å²) in [5, 5.41) is 34.6. The van der Waals surface area contributed by atoms with E-state index in [0.29, 0.717) is 53.5 Å². The Kier molecular flexibility index (Phi) is 14.0. The van der Waals surface area contributed by atoms with Gasteiger partial charge in [0, 0.05) is 62.9 Å². The summed E-state index contributed by atoms with van der Waals surface area (Å²) in [5.41, 5.74) is 3.68. The second kappa shape index (κ2) is 19.8. The molecule has 1 amide bonds. The normalized spacial score (nSPS) is 24.7. The Morgan fingerprint density at radius 3 is 2.47 bits per heavy atom. The first-order valence-electron chi connectivity index (χ1n) is 22.9. The van der Waals surface area contributed by atoms with Crippen LogP contribution in [0.5, 0.6) is 23.0 Å². The topological polar surface area (TPSA) is 155 Å². The molecule has 3 aliphatic heterocycles. The number of rotatable bonds is 20. The van der Waals surface area contributed by atoms with Gasteiger partial charge in [0.15, 0.2) is 11.5 Å². The predicted octanol–water partition coefficient (Wildman–Crippen LogP) is 7.76. The van der Waals surface area contributed by atoms with E-state index in [1.165, 1.54) is 0 Å². The summed E-state index contributed by atoms with van der Waals surface area (Å²) >= 11 is 0. The molecule has 13 heteroatoms. The maximum atomic E-state index is 15.4. The van der Waals surface area contributed by atoms with Gasteiger partial charge in [-0.1, -0.05) is 36.2 Å². The van der Waals surface area contributed by atoms with Gasteiger partial charge in [-0.3, -0.25) is 9.69 Å². The largest absolute Gasteiger partial charge is 0.492 e. The summed E-state index contributed by atoms with van der Waals surface area (Å²) in [5.74, 6) is 0.319. The van der Waals surface area contributed by atoms with Crippen molar-refractivity contribution in [1.29, 1.82) is 5.26 Å². The van der Waals surface area contributed by atoms with Crippen molar-refractivity contribution in [1.82, 2.24) is 9.80 Å². The van der Waals surface area contributed by atoms with E-state index in [2.05, 4.69) is 29.7 Å². The van der Waals surface area contributed by atoms with Gasteiger partial charge in [-0.25, -0.2) is 0 Å². The van der Waals surface area contributed by atoms with Crippen molar-refractivity contribution in [3.63, 3.8) is 0 Å². The van der Waals surface area contributed by atoms with Crippen LogP contribution < -0.4 is 18.9 Å². The lowest BCUT2D eigenvalue weighted by molar-refractivity contribution is -0.255. The lowest BCUT2D eigenvalue weighted by atomic mass is 9.55. The third-order valence-corrected chi connectivity index (χ3v) is 13.0. The number of aliphatic hydroxyl groups excluding tert-OH is 2. The molecule has 0 bridgehead atoms. The minimum atomic E-state index is -1.47. The van der Waals surface area contributed by atoms with Crippen LogP contribution in [0.4, 0.5) is 0 Å². The number of fused-ring (bicyclic) bond motifs is 3. The standard InChI is InChI=1S/C51H62N4O9/c1-5-25-62-51-46(55(49(58)36-15-12-34(31-52)13-16-36)32-35-14-18-44-45(27-35)61-33-60-44)30-42(53-64-50(2,3)4)40-28-37(10-6-8-23-56)39(11-7-9-24-57)47(48(40)51)41-29-38(17-19-43(41)63-51)59-26-22-54-20-21-54/h5,12-19,27-29,37,39,46-48,56-57H,1,6-11,20-26,30,32-33H2,2-4H3. The smallest absolute Gasteiger partial charge is 0.254 e. The summed E-state index contributed by atoms with van der Waals surface area (Å²) in [4.78, 5) is 25.9. The molecule has 3 aromatic rings. The zero-order chi connectivity index (χ0) is 44.8. The molecule has 5 aliphatic rings. The molecule has 8 rings (SSSR count). The molecule has 64 heavy (non-hydrogen) atoms. The number of benzene rings is 3. The molecule has 3 heterocycles. The molecule has 0 radical (unpaired) electrons. The van der Waals surface area contributed by atoms with Gasteiger partial charge in [0.1, 0.15) is 29.7 Å². The number of allylic oxidation sites excluding steroid dienone is 1. The summed E-state index contributed by atoms with van der Waals surface area (Å²) in [7, 11) is 0. The number of nitrogens with zero attached hydrogens (tertiary/aromatic N) is 4. The van der Waals surface area contributed by atoms with E-state index < -0.39 is 23.3 Å². The Labute approximate surface area is 376 Å². The van der Waals surface area contributed by atoms with Gasteiger partial charge >= 0.3 is 0 Å². The van der Waals surface area contributed by atoms with Crippen molar-refractivity contribution in [2.75, 3.05) is 52.9 Å². The quantitative estimate of drug-likeness (QED) is 0.0496. The lowest BCUT2D eigenvalue weighted by Gasteiger charge is -2.60. The molecule has 2 fully saturated rings. The van der Waals surface area contributed by atoms with Crippen molar-refractivity contribution >= 4 is 11.6 Å². The fraction of sp³-hybridized carbons (Fsp3) is 0.510. The number of unbranched alkanes of at least 4 members (excludes halogenated alkanes) is 2. The summed E-state index contributed by atoms with van der Waals surface area (Å²) in [6.07, 6.45) is 8.91. The summed E-state index contributed by atoms with van der Waals surface area (Å²) in [6, 6.07) is 19.8. The fourth-order valence-corrected chi connectivity index (χ4v) is 9.93. The maximum absolute atomic E-state index is 15.4. The molecule has 2 aliphatic carbocycles. The summed E-state index contributed by atoms with van der Waals surface area (Å²) < 4.78 is 32.6. The fourth-order valence-electron chi connectivity index (χ4n) is 9.93. The average Bonchev–Trinajstić information content (AvgIpc) is 4.00. The number of hydrogen-bond donors (Lipinski definition) is 2. The van der Waals surface area contributed by atoms with Crippen LogP contribution in [0.15, 0.2) is 90.1 Å². The molecule has 1 saturated carbocycles. The molecule has 6 atom stereocenters. The van der Waals surface area contributed by atoms with Crippen LogP contribution in [0.25, 0.3) is 0 Å². The van der Waals surface area contributed by atoms with E-state index in [1.807, 2.05) is 56.0 Å². The zero-order valence-electron chi connectivity index (χ0n) is 37.4. The number of amides is 1. The molecule has 2 N–H and O–H groups in total. The van der Waals surface area contributed by atoms with Crippen LogP contribution in [0.2, 0.25) is 0 Å². The highest BCUT2D eigenvalue weighted by atomic mass is 16.7. The monoisotopic (exact) mass is 874 g/mol. The molecule has 13 nitrogen and oxygen atoms in total. The Morgan fingerprint density at radius 1 is 1.00 bits per heavy atom. The van der Waals surface area contributed by atoms with Crippen LogP contribution in [0, 0.1) is 29.1 Å². The second-order valence-corrected chi connectivity index (χ2v) is 18.5. The Hall–Kier alpha value is -5.39. The maximum Gasteiger partial charge on any atom is 0.254 e. The van der Waals surface area contributed by atoms with Crippen molar-refractivity contribution in [3.8, 4) is 29.1 Å². The number of oxime groups is 1. The highest BCUT2D eigenvalue weighted by Crippen LogP contribution is 2.62. The molecule has 340 valence electrons. The predicted molar refractivity (Wildman–Crippen MR) is 241 cm³/mol. The number of nitriles is 1. The number of aliphatic hydroxyl groups is 2. The van der Waals surface area contributed by atoms with Gasteiger partial charge in [-0.2, -0.15) is 5.26 Å². The number of ether oxygens (including phenoxy) is 5. The number of carbonyl (C=O) groups is 1. The van der Waals surface area contributed by atoms with Gasteiger partial charge in [-0.05, 0) is 124 Å². The molecule has 6 unspecified atom stereocenters.